The highest BCUT2D eigenvalue weighted by Gasteiger charge is 2.49. The fraction of sp³-hybridized carbons (Fsp3) is 0.375. The van der Waals surface area contributed by atoms with Crippen LogP contribution in [0.3, 0.4) is 0 Å². The van der Waals surface area contributed by atoms with Crippen molar-refractivity contribution in [3.63, 3.8) is 0 Å². The summed E-state index contributed by atoms with van der Waals surface area (Å²) in [6.07, 6.45) is 2.29. The fourth-order valence-electron chi connectivity index (χ4n) is 3.14. The number of imide groups is 1. The van der Waals surface area contributed by atoms with E-state index in [1.54, 1.807) is 35.9 Å². The molecule has 144 valence electrons. The zero-order valence-electron chi connectivity index (χ0n) is 15.3. The largest absolute Gasteiger partial charge is 0.325 e. The third kappa shape index (κ3) is 2.88. The molecule has 28 heavy (non-hydrogen) atoms. The zero-order chi connectivity index (χ0) is 19.7. The third-order valence-corrected chi connectivity index (χ3v) is 4.65. The van der Waals surface area contributed by atoms with Crippen molar-refractivity contribution in [2.75, 3.05) is 0 Å². The first-order valence-electron chi connectivity index (χ1n) is 8.76. The minimum Gasteiger partial charge on any atom is -0.319 e. The molecule has 2 aromatic heterocycles. The highest BCUT2D eigenvalue weighted by Crippen LogP contribution is 2.30. The van der Waals surface area contributed by atoms with Gasteiger partial charge in [-0.15, -0.1) is 10.2 Å². The summed E-state index contributed by atoms with van der Waals surface area (Å²) in [7, 11) is 0. The number of amides is 3. The van der Waals surface area contributed by atoms with Crippen LogP contribution < -0.4 is 5.32 Å². The van der Waals surface area contributed by atoms with Crippen molar-refractivity contribution in [2.24, 2.45) is 0 Å². The smallest absolute Gasteiger partial charge is 0.319 e. The van der Waals surface area contributed by atoms with Gasteiger partial charge in [0.25, 0.3) is 5.91 Å². The molecule has 0 saturated carbocycles. The van der Waals surface area contributed by atoms with Gasteiger partial charge < -0.3 is 5.32 Å². The molecule has 0 spiro atoms. The van der Waals surface area contributed by atoms with Crippen molar-refractivity contribution < 1.29 is 9.59 Å². The molecule has 3 aromatic rings. The maximum absolute atomic E-state index is 13.1. The average molecular weight is 382 g/mol. The number of tetrazole rings is 2. The lowest BCUT2D eigenvalue weighted by Crippen LogP contribution is -2.41. The van der Waals surface area contributed by atoms with E-state index in [4.69, 9.17) is 0 Å². The Morgan fingerprint density at radius 2 is 2.04 bits per heavy atom. The molecule has 1 aliphatic heterocycles. The molecule has 3 heterocycles. The van der Waals surface area contributed by atoms with E-state index in [-0.39, 0.29) is 12.5 Å². The molecule has 1 N–H and O–H groups in total. The van der Waals surface area contributed by atoms with E-state index in [0.29, 0.717) is 23.6 Å². The van der Waals surface area contributed by atoms with Crippen LogP contribution in [0, 0.1) is 0 Å². The van der Waals surface area contributed by atoms with Crippen molar-refractivity contribution in [3.05, 3.63) is 42.0 Å². The minimum absolute atomic E-state index is 0.0000561. The van der Waals surface area contributed by atoms with Gasteiger partial charge in [0.2, 0.25) is 0 Å². The topological polar surface area (TPSA) is 137 Å². The van der Waals surface area contributed by atoms with Gasteiger partial charge in [-0.05, 0) is 51.9 Å². The van der Waals surface area contributed by atoms with Gasteiger partial charge in [0.15, 0.2) is 5.82 Å². The Labute approximate surface area is 159 Å². The third-order valence-electron chi connectivity index (χ3n) is 4.65. The van der Waals surface area contributed by atoms with Crippen molar-refractivity contribution >= 4 is 11.9 Å². The van der Waals surface area contributed by atoms with E-state index in [2.05, 4.69) is 36.4 Å². The van der Waals surface area contributed by atoms with Crippen molar-refractivity contribution in [3.8, 4) is 5.69 Å². The van der Waals surface area contributed by atoms with Crippen LogP contribution >= 0.6 is 0 Å². The van der Waals surface area contributed by atoms with Gasteiger partial charge in [0, 0.05) is 6.54 Å². The Kier molecular flexibility index (Phi) is 4.29. The van der Waals surface area contributed by atoms with E-state index in [0.717, 1.165) is 11.3 Å². The van der Waals surface area contributed by atoms with Crippen molar-refractivity contribution in [1.82, 2.24) is 50.6 Å². The second-order valence-corrected chi connectivity index (χ2v) is 6.57. The highest BCUT2D eigenvalue weighted by atomic mass is 16.2. The first kappa shape index (κ1) is 17.7. The maximum Gasteiger partial charge on any atom is 0.325 e. The van der Waals surface area contributed by atoms with Gasteiger partial charge in [0.1, 0.15) is 11.9 Å². The molecule has 1 aliphatic rings. The first-order chi connectivity index (χ1) is 13.5. The number of hydrogen-bond acceptors (Lipinski definition) is 8. The Balaban J connectivity index is 1.62. The summed E-state index contributed by atoms with van der Waals surface area (Å²) in [5.74, 6) is 0.0782. The molecule has 4 rings (SSSR count). The number of aryl methyl sites for hydroxylation is 1. The van der Waals surface area contributed by atoms with Gasteiger partial charge in [-0.2, -0.15) is 0 Å². The molecule has 1 aromatic carbocycles. The zero-order valence-corrected chi connectivity index (χ0v) is 15.3. The lowest BCUT2D eigenvalue weighted by Gasteiger charge is -2.22. The molecule has 1 saturated heterocycles. The number of benzene rings is 1. The highest BCUT2D eigenvalue weighted by molar-refractivity contribution is 6.07. The molecular weight excluding hydrogens is 364 g/mol. The summed E-state index contributed by atoms with van der Waals surface area (Å²) in [5, 5.41) is 25.3. The van der Waals surface area contributed by atoms with Gasteiger partial charge in [-0.25, -0.2) is 14.2 Å². The first-order valence-corrected chi connectivity index (χ1v) is 8.76. The average Bonchev–Trinajstić information content (AvgIpc) is 3.41. The lowest BCUT2D eigenvalue weighted by molar-refractivity contribution is -0.131. The van der Waals surface area contributed by atoms with E-state index >= 15 is 0 Å². The molecule has 12 nitrogen and oxygen atoms in total. The second kappa shape index (κ2) is 6.79. The van der Waals surface area contributed by atoms with Gasteiger partial charge in [-0.1, -0.05) is 19.1 Å². The van der Waals surface area contributed by atoms with Gasteiger partial charge >= 0.3 is 6.03 Å². The monoisotopic (exact) mass is 382 g/mol. The summed E-state index contributed by atoms with van der Waals surface area (Å²) in [6.45, 7) is 4.27. The number of carbonyl (C=O) groups is 2. The van der Waals surface area contributed by atoms with E-state index in [1.807, 2.05) is 6.92 Å². The number of rotatable bonds is 6. The van der Waals surface area contributed by atoms with E-state index in [9.17, 15) is 9.59 Å². The Hall–Kier alpha value is -3.70. The molecule has 1 atom stereocenters. The van der Waals surface area contributed by atoms with Crippen LogP contribution in [0.25, 0.3) is 5.69 Å². The van der Waals surface area contributed by atoms with Gasteiger partial charge in [-0.3, -0.25) is 9.69 Å². The van der Waals surface area contributed by atoms with Crippen LogP contribution in [0.4, 0.5) is 4.79 Å². The second-order valence-electron chi connectivity index (χ2n) is 6.57. The molecule has 12 heteroatoms. The van der Waals surface area contributed by atoms with Crippen LogP contribution in [0.2, 0.25) is 0 Å². The summed E-state index contributed by atoms with van der Waals surface area (Å²) >= 11 is 0. The van der Waals surface area contributed by atoms with Crippen LogP contribution in [0.15, 0.2) is 30.6 Å². The summed E-state index contributed by atoms with van der Waals surface area (Å²) in [4.78, 5) is 26.8. The SMILES string of the molecule is CCCn1nnnc1CN1C(=O)N[C@@](C)(c2cccc(-n3cnnn3)c2)C1=O. The fourth-order valence-corrected chi connectivity index (χ4v) is 3.14. The van der Waals surface area contributed by atoms with E-state index in [1.165, 1.54) is 11.0 Å². The van der Waals surface area contributed by atoms with Crippen LogP contribution in [-0.4, -0.2) is 57.3 Å². The number of nitrogens with one attached hydrogen (secondary N) is 1. The molecule has 1 fully saturated rings. The summed E-state index contributed by atoms with van der Waals surface area (Å²) in [5.41, 5.74) is 0.0787. The van der Waals surface area contributed by atoms with E-state index < -0.39 is 11.6 Å². The standard InChI is InChI=1S/C16H18N10O2/c1-3-7-25-13(19-21-23-25)9-24-14(27)16(2,18-15(24)28)11-5-4-6-12(8-11)26-10-17-20-22-26/h4-6,8,10H,3,7,9H2,1-2H3,(H,18,28)/t16-/m0/s1. The molecule has 3 amide bonds. The quantitative estimate of drug-likeness (QED) is 0.589. The van der Waals surface area contributed by atoms with Crippen molar-refractivity contribution in [2.45, 2.75) is 38.9 Å². The number of nitrogens with zero attached hydrogens (tertiary/aromatic N) is 9. The van der Waals surface area contributed by atoms with Crippen molar-refractivity contribution in [1.29, 1.82) is 0 Å². The number of hydrogen-bond donors (Lipinski definition) is 1. The van der Waals surface area contributed by atoms with Crippen LogP contribution in [-0.2, 0) is 23.4 Å². The molecule has 0 radical (unpaired) electrons. The lowest BCUT2D eigenvalue weighted by atomic mass is 9.91. The minimum atomic E-state index is -1.22. The normalized spacial score (nSPS) is 19.3. The molecular formula is C16H18N10O2. The van der Waals surface area contributed by atoms with Gasteiger partial charge in [0.05, 0.1) is 12.2 Å². The summed E-state index contributed by atoms with van der Waals surface area (Å²) in [6, 6.07) is 6.63. The molecule has 0 bridgehead atoms. The Bertz CT molecular complexity index is 1010. The van der Waals surface area contributed by atoms with Crippen LogP contribution in [0.5, 0.6) is 0 Å². The Morgan fingerprint density at radius 1 is 1.18 bits per heavy atom. The predicted octanol–water partition coefficient (Wildman–Crippen LogP) is 0.0260. The predicted molar refractivity (Wildman–Crippen MR) is 93.7 cm³/mol. The maximum atomic E-state index is 13.1. The number of carbonyl (C=O) groups excluding carboxylic acids is 2. The molecule has 0 aliphatic carbocycles. The number of aromatic nitrogens is 8. The summed E-state index contributed by atoms with van der Waals surface area (Å²) < 4.78 is 3.07. The van der Waals surface area contributed by atoms with Crippen LogP contribution in [0.1, 0.15) is 31.7 Å². The Morgan fingerprint density at radius 3 is 2.79 bits per heavy atom. The molecule has 0 unspecified atom stereocenters. The number of urea groups is 1.